The van der Waals surface area contributed by atoms with E-state index in [1.54, 1.807) is 0 Å². The van der Waals surface area contributed by atoms with E-state index in [0.29, 0.717) is 5.96 Å². The molecule has 0 bridgehead atoms. The van der Waals surface area contributed by atoms with Gasteiger partial charge in [-0.1, -0.05) is 0 Å². The van der Waals surface area contributed by atoms with Gasteiger partial charge in [0, 0.05) is 0 Å². The number of nitrogens with one attached hydrogen (secondary N) is 1. The highest BCUT2D eigenvalue weighted by Gasteiger charge is 2.14. The number of hydrogen-bond acceptors (Lipinski definition) is 0. The molecule has 0 aromatic carbocycles. The van der Waals surface area contributed by atoms with Gasteiger partial charge in [0.1, 0.15) is 0 Å². The zero-order valence-electron chi connectivity index (χ0n) is 11.3. The standard InChI is InChI=1S/C11H27N4.2HI/c1-4-15(3,5-2)10-8-6-7-9-14-11(12)13;;/h4-10H2,1-3H3,(H4,12,13,14);2*1H/q+1;;/p-1. The molecule has 0 aliphatic heterocycles. The molecule has 0 aromatic heterocycles. The van der Waals surface area contributed by atoms with E-state index in [-0.39, 0.29) is 48.0 Å². The lowest BCUT2D eigenvalue weighted by molar-refractivity contribution is -0.906. The van der Waals surface area contributed by atoms with Crippen molar-refractivity contribution >= 4 is 5.96 Å². The number of unbranched alkanes of at least 4 members (excludes halogenated alkanes) is 2. The highest BCUT2D eigenvalue weighted by atomic mass is 127. The van der Waals surface area contributed by atoms with Crippen molar-refractivity contribution in [2.45, 2.75) is 33.1 Å². The number of rotatable bonds is 8. The third-order valence-electron chi connectivity index (χ3n) is 3.23. The number of nitrogens with zero attached hydrogens (tertiary/aromatic N) is 1. The SMILES string of the molecule is CC[N+](C)(CC)CCCCC[NH+]=C(N)N.[I-].[I-]. The average Bonchev–Trinajstić information content (AvgIpc) is 2.22. The van der Waals surface area contributed by atoms with Crippen LogP contribution >= 0.6 is 0 Å². The molecule has 5 N–H and O–H groups in total. The van der Waals surface area contributed by atoms with Crippen LogP contribution in [-0.4, -0.2) is 43.7 Å². The number of guanidine groups is 1. The van der Waals surface area contributed by atoms with Gasteiger partial charge in [-0.15, -0.1) is 0 Å². The second-order valence-corrected chi connectivity index (χ2v) is 4.42. The van der Waals surface area contributed by atoms with E-state index < -0.39 is 0 Å². The number of halogens is 2. The molecule has 0 atom stereocenters. The van der Waals surface area contributed by atoms with Gasteiger partial charge in [0.2, 0.25) is 0 Å². The number of quaternary nitrogens is 1. The molecule has 0 radical (unpaired) electrons. The van der Waals surface area contributed by atoms with Crippen LogP contribution < -0.4 is 64.4 Å². The van der Waals surface area contributed by atoms with E-state index in [9.17, 15) is 0 Å². The maximum Gasteiger partial charge on any atom is 0.338 e. The smallest absolute Gasteiger partial charge is 0.338 e. The van der Waals surface area contributed by atoms with Crippen molar-refractivity contribution in [2.75, 3.05) is 33.2 Å². The molecule has 6 heteroatoms. The zero-order chi connectivity index (χ0) is 11.7. The summed E-state index contributed by atoms with van der Waals surface area (Å²) >= 11 is 0. The summed E-state index contributed by atoms with van der Waals surface area (Å²) in [5.74, 6) is 0.331. The molecule has 0 saturated carbocycles. The summed E-state index contributed by atoms with van der Waals surface area (Å²) in [6.45, 7) is 9.12. The van der Waals surface area contributed by atoms with Gasteiger partial charge in [-0.2, -0.15) is 0 Å². The fraction of sp³-hybridized carbons (Fsp3) is 0.909. The minimum absolute atomic E-state index is 0. The molecular weight excluding hydrogens is 442 g/mol. The summed E-state index contributed by atoms with van der Waals surface area (Å²) < 4.78 is 1.18. The van der Waals surface area contributed by atoms with Crippen molar-refractivity contribution in [3.8, 4) is 0 Å². The fourth-order valence-electron chi connectivity index (χ4n) is 1.57. The summed E-state index contributed by atoms with van der Waals surface area (Å²) in [5.41, 5.74) is 10.6. The Morgan fingerprint density at radius 2 is 1.53 bits per heavy atom. The Balaban J connectivity index is -0.000000980. The Morgan fingerprint density at radius 1 is 1.00 bits per heavy atom. The van der Waals surface area contributed by atoms with Gasteiger partial charge in [0.25, 0.3) is 0 Å². The van der Waals surface area contributed by atoms with E-state index in [1.165, 1.54) is 37.0 Å². The van der Waals surface area contributed by atoms with Gasteiger partial charge < -0.3 is 52.4 Å². The topological polar surface area (TPSA) is 66.0 Å². The van der Waals surface area contributed by atoms with E-state index >= 15 is 0 Å². The van der Waals surface area contributed by atoms with Crippen molar-refractivity contribution in [1.82, 2.24) is 0 Å². The van der Waals surface area contributed by atoms with Crippen LogP contribution in [0.5, 0.6) is 0 Å². The molecule has 0 heterocycles. The Hall–Kier alpha value is 0.690. The lowest BCUT2D eigenvalue weighted by atomic mass is 10.2. The maximum atomic E-state index is 5.30. The third-order valence-corrected chi connectivity index (χ3v) is 3.23. The van der Waals surface area contributed by atoms with Crippen LogP contribution in [0.25, 0.3) is 0 Å². The molecule has 0 aromatic rings. The molecule has 0 rings (SSSR count). The molecule has 17 heavy (non-hydrogen) atoms. The van der Waals surface area contributed by atoms with Crippen LogP contribution in [0.2, 0.25) is 0 Å². The monoisotopic (exact) mass is 470 g/mol. The molecule has 4 nitrogen and oxygen atoms in total. The molecule has 0 aliphatic carbocycles. The van der Waals surface area contributed by atoms with Crippen LogP contribution in [0.15, 0.2) is 0 Å². The summed E-state index contributed by atoms with van der Waals surface area (Å²) in [6.07, 6.45) is 3.67. The highest BCUT2D eigenvalue weighted by Crippen LogP contribution is 2.05. The molecule has 0 fully saturated rings. The van der Waals surface area contributed by atoms with Crippen LogP contribution in [0.1, 0.15) is 33.1 Å². The van der Waals surface area contributed by atoms with Crippen molar-refractivity contribution in [3.63, 3.8) is 0 Å². The lowest BCUT2D eigenvalue weighted by Crippen LogP contribution is -3.00. The predicted molar refractivity (Wildman–Crippen MR) is 65.2 cm³/mol. The Morgan fingerprint density at radius 3 is 1.94 bits per heavy atom. The molecular formula is C11H28I2N4. The second kappa shape index (κ2) is 13.1. The van der Waals surface area contributed by atoms with Crippen LogP contribution in [0.4, 0.5) is 0 Å². The Labute approximate surface area is 140 Å². The van der Waals surface area contributed by atoms with Crippen molar-refractivity contribution in [3.05, 3.63) is 0 Å². The Kier molecular flexibility index (Phi) is 17.6. The van der Waals surface area contributed by atoms with Gasteiger partial charge in [-0.05, 0) is 33.1 Å². The molecule has 0 spiro atoms. The maximum absolute atomic E-state index is 5.30. The Bertz CT molecular complexity index is 190. The van der Waals surface area contributed by atoms with Gasteiger partial charge in [-0.3, -0.25) is 16.5 Å². The van der Waals surface area contributed by atoms with Gasteiger partial charge >= 0.3 is 5.96 Å². The summed E-state index contributed by atoms with van der Waals surface area (Å²) in [6, 6.07) is 0. The van der Waals surface area contributed by atoms with Crippen LogP contribution in [-0.2, 0) is 0 Å². The van der Waals surface area contributed by atoms with Gasteiger partial charge in [0.05, 0.1) is 33.2 Å². The first-order chi connectivity index (χ1) is 7.04. The van der Waals surface area contributed by atoms with Crippen molar-refractivity contribution in [2.24, 2.45) is 11.5 Å². The third kappa shape index (κ3) is 12.9. The molecule has 0 unspecified atom stereocenters. The van der Waals surface area contributed by atoms with Crippen molar-refractivity contribution < 1.29 is 57.4 Å². The van der Waals surface area contributed by atoms with Crippen LogP contribution in [0.3, 0.4) is 0 Å². The summed E-state index contributed by atoms with van der Waals surface area (Å²) in [7, 11) is 2.32. The largest absolute Gasteiger partial charge is 1.00 e. The van der Waals surface area contributed by atoms with Gasteiger partial charge in [0.15, 0.2) is 0 Å². The number of nitrogens with two attached hydrogens (primary N) is 2. The van der Waals surface area contributed by atoms with E-state index in [2.05, 4.69) is 25.9 Å². The van der Waals surface area contributed by atoms with E-state index in [0.717, 1.165) is 13.0 Å². The normalized spacial score (nSPS) is 10.1. The summed E-state index contributed by atoms with van der Waals surface area (Å²) in [5, 5.41) is 0. The fourth-order valence-corrected chi connectivity index (χ4v) is 1.57. The molecule has 0 aliphatic rings. The molecule has 106 valence electrons. The van der Waals surface area contributed by atoms with Crippen molar-refractivity contribution in [1.29, 1.82) is 0 Å². The van der Waals surface area contributed by atoms with E-state index in [4.69, 9.17) is 11.5 Å². The quantitative estimate of drug-likeness (QED) is 0.109. The minimum Gasteiger partial charge on any atom is -1.00 e. The van der Waals surface area contributed by atoms with Crippen LogP contribution in [0, 0.1) is 0 Å². The highest BCUT2D eigenvalue weighted by molar-refractivity contribution is 5.69. The minimum atomic E-state index is 0. The first kappa shape index (κ1) is 22.8. The molecule has 0 amide bonds. The zero-order valence-corrected chi connectivity index (χ0v) is 15.6. The average molecular weight is 470 g/mol. The summed E-state index contributed by atoms with van der Waals surface area (Å²) in [4.78, 5) is 2.94. The number of hydrogen-bond donors (Lipinski definition) is 3. The second-order valence-electron chi connectivity index (χ2n) is 4.42. The first-order valence-electron chi connectivity index (χ1n) is 5.99. The lowest BCUT2D eigenvalue weighted by Gasteiger charge is -2.32. The predicted octanol–water partition coefficient (Wildman–Crippen LogP) is -6.99. The van der Waals surface area contributed by atoms with E-state index in [1.807, 2.05) is 0 Å². The van der Waals surface area contributed by atoms with Gasteiger partial charge in [-0.25, -0.2) is 0 Å². The first-order valence-corrected chi connectivity index (χ1v) is 5.99. The molecule has 0 saturated heterocycles.